The van der Waals surface area contributed by atoms with Gasteiger partial charge in [0.15, 0.2) is 5.65 Å². The number of rotatable bonds is 7. The summed E-state index contributed by atoms with van der Waals surface area (Å²) >= 11 is 6.35. The van der Waals surface area contributed by atoms with Crippen LogP contribution in [0.2, 0.25) is 5.02 Å². The second kappa shape index (κ2) is 15.3. The molecule has 0 amide bonds. The van der Waals surface area contributed by atoms with Crippen molar-refractivity contribution in [2.24, 2.45) is 5.73 Å². The maximum absolute atomic E-state index is 14.5. The van der Waals surface area contributed by atoms with E-state index < -0.39 is 0 Å². The Hall–Kier alpha value is -1.46. The number of hydrogen-bond donors (Lipinski definition) is 4. The molecule has 13 heteroatoms. The first-order valence-corrected chi connectivity index (χ1v) is 14.6. The molecule has 3 aromatic rings. The van der Waals surface area contributed by atoms with E-state index in [1.54, 1.807) is 18.5 Å². The number of fused-ring (bicyclic) bond motifs is 1. The molecule has 228 valence electrons. The number of nitrogens with one attached hydrogen (secondary N) is 3. The molecule has 3 unspecified atom stereocenters. The third-order valence-electron chi connectivity index (χ3n) is 8.70. The Labute approximate surface area is 264 Å². The predicted molar refractivity (Wildman–Crippen MR) is 170 cm³/mol. The highest BCUT2D eigenvalue weighted by Crippen LogP contribution is 2.37. The van der Waals surface area contributed by atoms with Crippen molar-refractivity contribution in [3.63, 3.8) is 0 Å². The van der Waals surface area contributed by atoms with Crippen molar-refractivity contribution >= 4 is 65.9 Å². The third kappa shape index (κ3) is 7.93. The summed E-state index contributed by atoms with van der Waals surface area (Å²) in [7, 11) is 0. The van der Waals surface area contributed by atoms with Gasteiger partial charge < -0.3 is 16.0 Å². The summed E-state index contributed by atoms with van der Waals surface area (Å²) in [6.45, 7) is 1.47. The van der Waals surface area contributed by atoms with Gasteiger partial charge in [-0.3, -0.25) is 10.2 Å². The van der Waals surface area contributed by atoms with Crippen LogP contribution in [0.1, 0.15) is 81.4 Å². The number of anilines is 1. The fraction of sp³-hybridized carbons (Fsp3) is 0.607. The van der Waals surface area contributed by atoms with E-state index >= 15 is 0 Å². The van der Waals surface area contributed by atoms with E-state index in [-0.39, 0.29) is 49.2 Å². The highest BCUT2D eigenvalue weighted by molar-refractivity contribution is 6.31. The van der Waals surface area contributed by atoms with Crippen LogP contribution in [0, 0.1) is 5.82 Å². The van der Waals surface area contributed by atoms with Crippen LogP contribution in [0.5, 0.6) is 0 Å². The number of piperidine rings is 1. The molecule has 1 saturated heterocycles. The highest BCUT2D eigenvalue weighted by atomic mass is 35.5. The molecule has 3 fully saturated rings. The minimum absolute atomic E-state index is 0. The number of benzene rings is 1. The van der Waals surface area contributed by atoms with Gasteiger partial charge in [0.25, 0.3) is 0 Å². The maximum atomic E-state index is 14.5. The summed E-state index contributed by atoms with van der Waals surface area (Å²) in [4.78, 5) is 19.8. The average molecular weight is 651 g/mol. The molecule has 1 aromatic carbocycles. The van der Waals surface area contributed by atoms with Gasteiger partial charge in [0, 0.05) is 41.2 Å². The third-order valence-corrected chi connectivity index (χ3v) is 9.06. The van der Waals surface area contributed by atoms with E-state index in [9.17, 15) is 4.39 Å². The number of hydrogen-bond acceptors (Lipinski definition) is 7. The molecule has 2 saturated carbocycles. The predicted octanol–water partition coefficient (Wildman–Crippen LogP) is 6.33. The lowest BCUT2D eigenvalue weighted by Crippen LogP contribution is -2.51. The van der Waals surface area contributed by atoms with Gasteiger partial charge >= 0.3 is 0 Å². The number of H-pyrrole nitrogens is 1. The van der Waals surface area contributed by atoms with E-state index in [0.717, 1.165) is 81.2 Å². The largest absolute Gasteiger partial charge is 0.351 e. The van der Waals surface area contributed by atoms with E-state index in [1.807, 2.05) is 0 Å². The topological polar surface area (TPSA) is 108 Å². The van der Waals surface area contributed by atoms with E-state index in [2.05, 4.69) is 25.5 Å². The average Bonchev–Trinajstić information content (AvgIpc) is 3.58. The van der Waals surface area contributed by atoms with Crippen molar-refractivity contribution in [2.75, 3.05) is 11.9 Å². The van der Waals surface area contributed by atoms with E-state index in [4.69, 9.17) is 27.3 Å². The van der Waals surface area contributed by atoms with Crippen LogP contribution in [0.3, 0.4) is 0 Å². The number of nitrogens with zero attached hydrogens (tertiary/aromatic N) is 4. The van der Waals surface area contributed by atoms with Crippen molar-refractivity contribution in [1.82, 2.24) is 30.2 Å². The lowest BCUT2D eigenvalue weighted by molar-refractivity contribution is 0.101. The SMILES string of the molecule is Cl.Cl.Cl.NC1CCC(Nc2nc(C3CCC(NC4CCCCN4Cc4c(F)cccc4Cl)C3)c3[nH]cnc3n2)CC1. The number of aromatic amines is 1. The molecule has 8 nitrogen and oxygen atoms in total. The zero-order valence-electron chi connectivity index (χ0n) is 23.0. The fourth-order valence-corrected chi connectivity index (χ4v) is 6.79. The molecule has 0 bridgehead atoms. The minimum atomic E-state index is -0.226. The number of nitrogens with two attached hydrogens (primary N) is 1. The molecule has 0 spiro atoms. The van der Waals surface area contributed by atoms with Crippen molar-refractivity contribution < 1.29 is 4.39 Å². The molecule has 0 radical (unpaired) electrons. The molecule has 2 aliphatic carbocycles. The van der Waals surface area contributed by atoms with E-state index in [0.29, 0.717) is 47.1 Å². The van der Waals surface area contributed by atoms with Crippen LogP contribution in [0.25, 0.3) is 11.2 Å². The van der Waals surface area contributed by atoms with Gasteiger partial charge in [-0.1, -0.05) is 17.7 Å². The molecule has 3 heterocycles. The molecule has 1 aliphatic heterocycles. The van der Waals surface area contributed by atoms with Gasteiger partial charge in [-0.25, -0.2) is 14.4 Å². The monoisotopic (exact) mass is 648 g/mol. The molecule has 6 rings (SSSR count). The van der Waals surface area contributed by atoms with E-state index in [1.165, 1.54) is 12.5 Å². The Bertz CT molecular complexity index is 1230. The zero-order chi connectivity index (χ0) is 26.1. The lowest BCUT2D eigenvalue weighted by Gasteiger charge is -2.38. The second-order valence-electron chi connectivity index (χ2n) is 11.3. The minimum Gasteiger partial charge on any atom is -0.351 e. The number of halogens is 5. The summed E-state index contributed by atoms with van der Waals surface area (Å²) in [6, 6.07) is 5.99. The number of imidazole rings is 1. The molecule has 41 heavy (non-hydrogen) atoms. The standard InChI is InChI=1S/C28H38ClFN8.3ClH/c29-22-4-3-5-23(30)21(22)15-38-13-2-1-6-24(38)34-20-10-7-17(14-20)25-26-27(33-16-32-26)37-28(36-25)35-19-11-8-18(31)9-12-19;;;/h3-5,16-20,24,34H,1-2,6-15,31H2,(H2,32,33,35,36,37);3*1H. The second-order valence-corrected chi connectivity index (χ2v) is 11.8. The van der Waals surface area contributed by atoms with Crippen LogP contribution >= 0.6 is 48.8 Å². The molecule has 2 aromatic heterocycles. The zero-order valence-corrected chi connectivity index (χ0v) is 26.2. The first kappa shape index (κ1) is 34.0. The Kier molecular flexibility index (Phi) is 12.7. The quantitative estimate of drug-likeness (QED) is 0.237. The lowest BCUT2D eigenvalue weighted by atomic mass is 9.92. The highest BCUT2D eigenvalue weighted by Gasteiger charge is 2.33. The van der Waals surface area contributed by atoms with Gasteiger partial charge in [0.05, 0.1) is 18.2 Å². The Morgan fingerprint density at radius 3 is 2.56 bits per heavy atom. The summed E-state index contributed by atoms with van der Waals surface area (Å²) in [6.07, 6.45) is 12.6. The van der Waals surface area contributed by atoms with Gasteiger partial charge in [-0.05, 0) is 82.9 Å². The molecule has 5 N–H and O–H groups in total. The summed E-state index contributed by atoms with van der Waals surface area (Å²) in [5, 5.41) is 7.99. The smallest absolute Gasteiger partial charge is 0.225 e. The van der Waals surface area contributed by atoms with Gasteiger partial charge in [0.1, 0.15) is 11.3 Å². The van der Waals surface area contributed by atoms with Crippen LogP contribution in [-0.2, 0) is 6.54 Å². The van der Waals surface area contributed by atoms with Crippen LogP contribution < -0.4 is 16.4 Å². The number of likely N-dealkylation sites (tertiary alicyclic amines) is 1. The molecular weight excluding hydrogens is 609 g/mol. The molecular formula is C28H41Cl4FN8. The van der Waals surface area contributed by atoms with Crippen molar-refractivity contribution in [2.45, 2.75) is 101 Å². The fourth-order valence-electron chi connectivity index (χ4n) is 6.57. The Morgan fingerprint density at radius 2 is 1.78 bits per heavy atom. The van der Waals surface area contributed by atoms with Crippen molar-refractivity contribution in [1.29, 1.82) is 0 Å². The maximum Gasteiger partial charge on any atom is 0.225 e. The van der Waals surface area contributed by atoms with Crippen molar-refractivity contribution in [3.8, 4) is 0 Å². The van der Waals surface area contributed by atoms with Gasteiger partial charge in [-0.15, -0.1) is 37.2 Å². The van der Waals surface area contributed by atoms with Crippen LogP contribution in [-0.4, -0.2) is 55.7 Å². The molecule has 3 atom stereocenters. The summed E-state index contributed by atoms with van der Waals surface area (Å²) < 4.78 is 14.5. The van der Waals surface area contributed by atoms with Crippen LogP contribution in [0.15, 0.2) is 24.5 Å². The Morgan fingerprint density at radius 1 is 1.00 bits per heavy atom. The first-order valence-electron chi connectivity index (χ1n) is 14.2. The molecule has 3 aliphatic rings. The summed E-state index contributed by atoms with van der Waals surface area (Å²) in [5.41, 5.74) is 9.41. The van der Waals surface area contributed by atoms with Crippen LogP contribution in [0.4, 0.5) is 10.3 Å². The first-order chi connectivity index (χ1) is 18.5. The normalized spacial score (nSPS) is 26.6. The summed E-state index contributed by atoms with van der Waals surface area (Å²) in [5.74, 6) is 0.782. The Balaban J connectivity index is 0.00000154. The number of aromatic nitrogens is 4. The van der Waals surface area contributed by atoms with Gasteiger partial charge in [0.2, 0.25) is 5.95 Å². The van der Waals surface area contributed by atoms with Gasteiger partial charge in [-0.2, -0.15) is 4.98 Å². The van der Waals surface area contributed by atoms with Crippen molar-refractivity contribution in [3.05, 3.63) is 46.6 Å².